The molecule has 6 nitrogen and oxygen atoms in total. The number of benzene rings is 1. The van der Waals surface area contributed by atoms with Crippen molar-refractivity contribution in [1.82, 2.24) is 14.7 Å². The van der Waals surface area contributed by atoms with Crippen molar-refractivity contribution in [2.45, 2.75) is 39.5 Å². The van der Waals surface area contributed by atoms with E-state index in [-0.39, 0.29) is 12.2 Å². The molecule has 0 unspecified atom stereocenters. The number of halogens is 1. The van der Waals surface area contributed by atoms with Crippen LogP contribution in [0.5, 0.6) is 0 Å². The van der Waals surface area contributed by atoms with Crippen molar-refractivity contribution in [3.05, 3.63) is 46.5 Å². The third-order valence-electron chi connectivity index (χ3n) is 4.57. The third-order valence-corrected chi connectivity index (χ3v) is 4.57. The first-order valence-corrected chi connectivity index (χ1v) is 8.80. The molecule has 0 saturated carbocycles. The maximum absolute atomic E-state index is 14.4. The highest BCUT2D eigenvalue weighted by molar-refractivity contribution is 5.96. The molecule has 0 bridgehead atoms. The van der Waals surface area contributed by atoms with Crippen LogP contribution in [0.25, 0.3) is 5.69 Å². The smallest absolute Gasteiger partial charge is 0.323 e. The SMILES string of the molecule is CCCN(CC(=O)O)C(=O)c1nn(-c2cc(C)ccc2F)c2c1CCC2. The molecule has 2 aromatic rings. The number of carbonyl (C=O) groups excluding carboxylic acids is 1. The van der Waals surface area contributed by atoms with Gasteiger partial charge in [0.05, 0.1) is 0 Å². The second-order valence-electron chi connectivity index (χ2n) is 6.61. The van der Waals surface area contributed by atoms with Crippen molar-refractivity contribution in [2.24, 2.45) is 0 Å². The Hall–Kier alpha value is -2.70. The van der Waals surface area contributed by atoms with E-state index in [0.29, 0.717) is 25.1 Å². The maximum atomic E-state index is 14.4. The van der Waals surface area contributed by atoms with Gasteiger partial charge in [-0.3, -0.25) is 9.59 Å². The molecule has 1 amide bonds. The molecule has 0 radical (unpaired) electrons. The zero-order valence-corrected chi connectivity index (χ0v) is 15.0. The number of rotatable bonds is 6. The van der Waals surface area contributed by atoms with Crippen LogP contribution < -0.4 is 0 Å². The molecule has 0 aliphatic heterocycles. The number of carbonyl (C=O) groups is 2. The minimum Gasteiger partial charge on any atom is -0.480 e. The molecule has 0 atom stereocenters. The Morgan fingerprint density at radius 2 is 2.12 bits per heavy atom. The predicted molar refractivity (Wildman–Crippen MR) is 94.1 cm³/mol. The zero-order valence-electron chi connectivity index (χ0n) is 15.0. The summed E-state index contributed by atoms with van der Waals surface area (Å²) >= 11 is 0. The minimum absolute atomic E-state index is 0.244. The fourth-order valence-electron chi connectivity index (χ4n) is 3.43. The first-order valence-electron chi connectivity index (χ1n) is 8.80. The van der Waals surface area contributed by atoms with E-state index in [1.165, 1.54) is 15.6 Å². The van der Waals surface area contributed by atoms with Gasteiger partial charge < -0.3 is 10.0 Å². The van der Waals surface area contributed by atoms with Crippen molar-refractivity contribution in [1.29, 1.82) is 0 Å². The summed E-state index contributed by atoms with van der Waals surface area (Å²) in [6.45, 7) is 3.72. The lowest BCUT2D eigenvalue weighted by Crippen LogP contribution is -2.37. The van der Waals surface area contributed by atoms with Gasteiger partial charge >= 0.3 is 5.97 Å². The Balaban J connectivity index is 2.05. The fraction of sp³-hybridized carbons (Fsp3) is 0.421. The number of carboxylic acid groups (broad SMARTS) is 1. The summed E-state index contributed by atoms with van der Waals surface area (Å²) in [5.41, 5.74) is 3.11. The van der Waals surface area contributed by atoms with Gasteiger partial charge in [-0.15, -0.1) is 0 Å². The van der Waals surface area contributed by atoms with Crippen molar-refractivity contribution in [3.8, 4) is 5.69 Å². The molecule has 1 N–H and O–H groups in total. The summed E-state index contributed by atoms with van der Waals surface area (Å²) in [7, 11) is 0. The fourth-order valence-corrected chi connectivity index (χ4v) is 3.43. The van der Waals surface area contributed by atoms with Crippen LogP contribution in [0, 0.1) is 12.7 Å². The molecule has 1 aromatic heterocycles. The number of fused-ring (bicyclic) bond motifs is 1. The molecule has 1 heterocycles. The van der Waals surface area contributed by atoms with E-state index in [9.17, 15) is 14.0 Å². The lowest BCUT2D eigenvalue weighted by molar-refractivity contribution is -0.137. The summed E-state index contributed by atoms with van der Waals surface area (Å²) in [4.78, 5) is 25.3. The van der Waals surface area contributed by atoms with Crippen LogP contribution in [0.3, 0.4) is 0 Å². The molecule has 7 heteroatoms. The van der Waals surface area contributed by atoms with Crippen LogP contribution in [-0.4, -0.2) is 44.8 Å². The number of aromatic nitrogens is 2. The molecule has 1 aromatic carbocycles. The predicted octanol–water partition coefficient (Wildman–Crippen LogP) is 2.75. The topological polar surface area (TPSA) is 75.4 Å². The molecule has 26 heavy (non-hydrogen) atoms. The molecule has 1 aliphatic carbocycles. The van der Waals surface area contributed by atoms with E-state index in [1.54, 1.807) is 12.1 Å². The highest BCUT2D eigenvalue weighted by atomic mass is 19.1. The number of amides is 1. The normalized spacial score (nSPS) is 12.9. The molecule has 3 rings (SSSR count). The van der Waals surface area contributed by atoms with Gasteiger partial charge in [0.15, 0.2) is 5.69 Å². The monoisotopic (exact) mass is 359 g/mol. The maximum Gasteiger partial charge on any atom is 0.323 e. The van der Waals surface area contributed by atoms with Crippen molar-refractivity contribution < 1.29 is 19.1 Å². The zero-order chi connectivity index (χ0) is 18.8. The lowest BCUT2D eigenvalue weighted by Gasteiger charge is -2.19. The summed E-state index contributed by atoms with van der Waals surface area (Å²) in [6.07, 6.45) is 2.93. The summed E-state index contributed by atoms with van der Waals surface area (Å²) in [5.74, 6) is -1.87. The standard InChI is InChI=1S/C19H22FN3O3/c1-3-9-22(11-17(24)25)19(26)18-13-5-4-6-15(13)23(21-18)16-10-12(2)7-8-14(16)20/h7-8,10H,3-6,9,11H2,1-2H3,(H,24,25). The van der Waals surface area contributed by atoms with Crippen molar-refractivity contribution in [3.63, 3.8) is 0 Å². The van der Waals surface area contributed by atoms with E-state index in [4.69, 9.17) is 5.11 Å². The van der Waals surface area contributed by atoms with Gasteiger partial charge in [-0.2, -0.15) is 5.10 Å². The van der Waals surface area contributed by atoms with E-state index in [2.05, 4.69) is 5.10 Å². The molecular formula is C19H22FN3O3. The summed E-state index contributed by atoms with van der Waals surface area (Å²) in [6, 6.07) is 4.78. The minimum atomic E-state index is -1.06. The first kappa shape index (κ1) is 18.1. The van der Waals surface area contributed by atoms with E-state index in [0.717, 1.165) is 29.7 Å². The lowest BCUT2D eigenvalue weighted by atomic mass is 10.1. The molecule has 0 fully saturated rings. The Morgan fingerprint density at radius 3 is 2.81 bits per heavy atom. The van der Waals surface area contributed by atoms with Crippen LogP contribution in [0.15, 0.2) is 18.2 Å². The van der Waals surface area contributed by atoms with Crippen LogP contribution in [0.2, 0.25) is 0 Å². The van der Waals surface area contributed by atoms with Gasteiger partial charge in [-0.05, 0) is 50.3 Å². The van der Waals surface area contributed by atoms with Crippen molar-refractivity contribution in [2.75, 3.05) is 13.1 Å². The van der Waals surface area contributed by atoms with Gasteiger partial charge in [0.25, 0.3) is 5.91 Å². The number of hydrogen-bond donors (Lipinski definition) is 1. The van der Waals surface area contributed by atoms with Gasteiger partial charge in [-0.1, -0.05) is 13.0 Å². The number of carboxylic acids is 1. The highest BCUT2D eigenvalue weighted by Gasteiger charge is 2.30. The van der Waals surface area contributed by atoms with Crippen LogP contribution >= 0.6 is 0 Å². The van der Waals surface area contributed by atoms with Gasteiger partial charge in [-0.25, -0.2) is 9.07 Å². The second-order valence-corrected chi connectivity index (χ2v) is 6.61. The van der Waals surface area contributed by atoms with Crippen molar-refractivity contribution >= 4 is 11.9 Å². The molecule has 0 spiro atoms. The quantitative estimate of drug-likeness (QED) is 0.860. The Morgan fingerprint density at radius 1 is 1.35 bits per heavy atom. The van der Waals surface area contributed by atoms with Crippen LogP contribution in [0.4, 0.5) is 4.39 Å². The van der Waals surface area contributed by atoms with E-state index in [1.807, 2.05) is 13.8 Å². The number of aryl methyl sites for hydroxylation is 1. The summed E-state index contributed by atoms with van der Waals surface area (Å²) in [5, 5.41) is 13.5. The van der Waals surface area contributed by atoms with Crippen LogP contribution in [-0.2, 0) is 17.6 Å². The van der Waals surface area contributed by atoms with E-state index >= 15 is 0 Å². The largest absolute Gasteiger partial charge is 0.480 e. The second kappa shape index (κ2) is 7.27. The average molecular weight is 359 g/mol. The van der Waals surface area contributed by atoms with E-state index < -0.39 is 17.7 Å². The first-order chi connectivity index (χ1) is 12.4. The number of aliphatic carboxylic acids is 1. The third kappa shape index (κ3) is 3.34. The average Bonchev–Trinajstić information content (AvgIpc) is 3.18. The Labute approximate surface area is 151 Å². The van der Waals surface area contributed by atoms with Crippen LogP contribution in [0.1, 0.15) is 47.1 Å². The van der Waals surface area contributed by atoms with Gasteiger partial charge in [0.1, 0.15) is 18.0 Å². The molecule has 0 saturated heterocycles. The molecule has 138 valence electrons. The number of hydrogen-bond acceptors (Lipinski definition) is 3. The van der Waals surface area contributed by atoms with Gasteiger partial charge in [0, 0.05) is 17.8 Å². The highest BCUT2D eigenvalue weighted by Crippen LogP contribution is 2.29. The Bertz CT molecular complexity index is 860. The summed E-state index contributed by atoms with van der Waals surface area (Å²) < 4.78 is 15.9. The molecular weight excluding hydrogens is 337 g/mol. The number of nitrogens with zero attached hydrogens (tertiary/aromatic N) is 3. The molecule has 1 aliphatic rings. The Kier molecular flexibility index (Phi) is 5.06. The van der Waals surface area contributed by atoms with Gasteiger partial charge in [0.2, 0.25) is 0 Å².